The first-order valence-electron chi connectivity index (χ1n) is 7.28. The number of benzene rings is 1. The van der Waals surface area contributed by atoms with E-state index < -0.39 is 0 Å². The Morgan fingerprint density at radius 3 is 2.68 bits per heavy atom. The molecule has 0 bridgehead atoms. The third kappa shape index (κ3) is 2.38. The molecule has 2 heterocycles. The third-order valence-electron chi connectivity index (χ3n) is 3.77. The minimum atomic E-state index is -0.245. The first-order valence-corrected chi connectivity index (χ1v) is 7.28. The lowest BCUT2D eigenvalue weighted by molar-refractivity contribution is 0.624. The van der Waals surface area contributed by atoms with Crippen molar-refractivity contribution in [3.63, 3.8) is 0 Å². The molecule has 2 aromatic heterocycles. The summed E-state index contributed by atoms with van der Waals surface area (Å²) in [6.07, 6.45) is 2.30. The Morgan fingerprint density at radius 2 is 1.95 bits per heavy atom. The summed E-state index contributed by atoms with van der Waals surface area (Å²) >= 11 is 0. The summed E-state index contributed by atoms with van der Waals surface area (Å²) in [5, 5.41) is 20.2. The standard InChI is InChI=1S/C15H15FN6/c1-9-13-14(15(20-18-9)17-12-6-7-12)22(21-19-13)8-10-2-4-11(16)5-3-10/h2-5,12H,6-8H2,1H3,(H,17,20). The maximum Gasteiger partial charge on any atom is 0.176 e. The summed E-state index contributed by atoms with van der Waals surface area (Å²) in [7, 11) is 0. The fraction of sp³-hybridized carbons (Fsp3) is 0.333. The molecule has 1 N–H and O–H groups in total. The van der Waals surface area contributed by atoms with Gasteiger partial charge < -0.3 is 5.32 Å². The second-order valence-electron chi connectivity index (χ2n) is 5.62. The molecule has 0 amide bonds. The van der Waals surface area contributed by atoms with E-state index in [9.17, 15) is 4.39 Å². The number of nitrogens with one attached hydrogen (secondary N) is 1. The fourth-order valence-electron chi connectivity index (χ4n) is 2.40. The number of nitrogens with zero attached hydrogens (tertiary/aromatic N) is 5. The van der Waals surface area contributed by atoms with Crippen LogP contribution in [0.5, 0.6) is 0 Å². The highest BCUT2D eigenvalue weighted by Gasteiger charge is 2.24. The second kappa shape index (κ2) is 5.01. The van der Waals surface area contributed by atoms with Crippen molar-refractivity contribution in [3.8, 4) is 0 Å². The van der Waals surface area contributed by atoms with Crippen LogP contribution in [0.15, 0.2) is 24.3 Å². The minimum Gasteiger partial charge on any atom is -0.364 e. The van der Waals surface area contributed by atoms with Crippen molar-refractivity contribution in [1.29, 1.82) is 0 Å². The highest BCUT2D eigenvalue weighted by atomic mass is 19.1. The number of hydrogen-bond acceptors (Lipinski definition) is 5. The lowest BCUT2D eigenvalue weighted by Crippen LogP contribution is -2.09. The molecule has 0 unspecified atom stereocenters. The molecule has 0 atom stereocenters. The molecule has 0 aliphatic heterocycles. The summed E-state index contributed by atoms with van der Waals surface area (Å²) in [4.78, 5) is 0. The average Bonchev–Trinajstić information content (AvgIpc) is 3.23. The molecule has 1 aromatic carbocycles. The number of halogens is 1. The number of anilines is 1. The van der Waals surface area contributed by atoms with E-state index >= 15 is 0 Å². The Morgan fingerprint density at radius 1 is 1.18 bits per heavy atom. The predicted octanol–water partition coefficient (Wildman–Crippen LogP) is 2.29. The molecule has 0 radical (unpaired) electrons. The van der Waals surface area contributed by atoms with Crippen molar-refractivity contribution in [2.75, 3.05) is 5.32 Å². The smallest absolute Gasteiger partial charge is 0.176 e. The van der Waals surface area contributed by atoms with Gasteiger partial charge in [-0.3, -0.25) is 0 Å². The number of hydrogen-bond donors (Lipinski definition) is 1. The van der Waals surface area contributed by atoms with Crippen LogP contribution in [0.3, 0.4) is 0 Å². The van der Waals surface area contributed by atoms with Crippen LogP contribution >= 0.6 is 0 Å². The van der Waals surface area contributed by atoms with Gasteiger partial charge in [-0.1, -0.05) is 17.3 Å². The van der Waals surface area contributed by atoms with Crippen molar-refractivity contribution in [3.05, 3.63) is 41.3 Å². The number of aromatic nitrogens is 5. The van der Waals surface area contributed by atoms with Gasteiger partial charge in [0.15, 0.2) is 5.82 Å². The average molecular weight is 298 g/mol. The van der Waals surface area contributed by atoms with Crippen molar-refractivity contribution in [1.82, 2.24) is 25.2 Å². The second-order valence-corrected chi connectivity index (χ2v) is 5.62. The van der Waals surface area contributed by atoms with Gasteiger partial charge >= 0.3 is 0 Å². The number of aryl methyl sites for hydroxylation is 1. The highest BCUT2D eigenvalue weighted by Crippen LogP contribution is 2.28. The molecule has 112 valence electrons. The molecule has 3 aromatic rings. The van der Waals surface area contributed by atoms with Gasteiger partial charge in [-0.25, -0.2) is 9.07 Å². The molecule has 1 saturated carbocycles. The quantitative estimate of drug-likeness (QED) is 0.800. The molecule has 4 rings (SSSR count). The molecule has 6 nitrogen and oxygen atoms in total. The molecule has 1 fully saturated rings. The normalized spacial score (nSPS) is 14.5. The van der Waals surface area contributed by atoms with Gasteiger partial charge in [0, 0.05) is 6.04 Å². The minimum absolute atomic E-state index is 0.245. The zero-order valence-corrected chi connectivity index (χ0v) is 12.1. The molecule has 0 spiro atoms. The van der Waals surface area contributed by atoms with E-state index in [1.807, 2.05) is 6.92 Å². The van der Waals surface area contributed by atoms with Crippen LogP contribution < -0.4 is 5.32 Å². The molecule has 22 heavy (non-hydrogen) atoms. The van der Waals surface area contributed by atoms with Gasteiger partial charge in [-0.05, 0) is 37.5 Å². The third-order valence-corrected chi connectivity index (χ3v) is 3.77. The summed E-state index contributed by atoms with van der Waals surface area (Å²) < 4.78 is 14.8. The number of rotatable bonds is 4. The van der Waals surface area contributed by atoms with E-state index in [1.54, 1.807) is 16.8 Å². The Hall–Kier alpha value is -2.57. The van der Waals surface area contributed by atoms with Crippen LogP contribution in [-0.2, 0) is 6.54 Å². The van der Waals surface area contributed by atoms with Crippen LogP contribution in [0.25, 0.3) is 11.0 Å². The topological polar surface area (TPSA) is 68.5 Å². The summed E-state index contributed by atoms with van der Waals surface area (Å²) in [5.74, 6) is 0.472. The zero-order chi connectivity index (χ0) is 15.1. The van der Waals surface area contributed by atoms with Crippen LogP contribution in [0.1, 0.15) is 24.1 Å². The van der Waals surface area contributed by atoms with E-state index in [1.165, 1.54) is 12.1 Å². The van der Waals surface area contributed by atoms with E-state index in [2.05, 4.69) is 25.8 Å². The van der Waals surface area contributed by atoms with Gasteiger partial charge in [-0.2, -0.15) is 5.10 Å². The highest BCUT2D eigenvalue weighted by molar-refractivity contribution is 5.86. The van der Waals surface area contributed by atoms with Crippen LogP contribution in [-0.4, -0.2) is 31.2 Å². The summed E-state index contributed by atoms with van der Waals surface area (Å²) in [6.45, 7) is 2.38. The molecular formula is C15H15FN6. The van der Waals surface area contributed by atoms with Crippen molar-refractivity contribution >= 4 is 16.9 Å². The lowest BCUT2D eigenvalue weighted by Gasteiger charge is -2.08. The van der Waals surface area contributed by atoms with Gasteiger partial charge in [-0.15, -0.1) is 10.2 Å². The Bertz CT molecular complexity index is 822. The maximum absolute atomic E-state index is 13.0. The first-order chi connectivity index (χ1) is 10.7. The number of fused-ring (bicyclic) bond motifs is 1. The van der Waals surface area contributed by atoms with E-state index in [-0.39, 0.29) is 5.82 Å². The summed E-state index contributed by atoms with van der Waals surface area (Å²) in [5.41, 5.74) is 3.31. The largest absolute Gasteiger partial charge is 0.364 e. The van der Waals surface area contributed by atoms with Gasteiger partial charge in [0.1, 0.15) is 16.9 Å². The van der Waals surface area contributed by atoms with Crippen molar-refractivity contribution in [2.45, 2.75) is 32.4 Å². The summed E-state index contributed by atoms with van der Waals surface area (Å²) in [6, 6.07) is 6.86. The Labute approximate surface area is 126 Å². The Balaban J connectivity index is 1.76. The van der Waals surface area contributed by atoms with Crippen molar-refractivity contribution in [2.24, 2.45) is 0 Å². The maximum atomic E-state index is 13.0. The molecular weight excluding hydrogens is 283 g/mol. The van der Waals surface area contributed by atoms with E-state index in [4.69, 9.17) is 0 Å². The molecule has 0 saturated heterocycles. The lowest BCUT2D eigenvalue weighted by atomic mass is 10.2. The molecule has 1 aliphatic rings. The Kier molecular flexibility index (Phi) is 2.99. The van der Waals surface area contributed by atoms with Crippen LogP contribution in [0, 0.1) is 12.7 Å². The molecule has 1 aliphatic carbocycles. The zero-order valence-electron chi connectivity index (χ0n) is 12.1. The van der Waals surface area contributed by atoms with Gasteiger partial charge in [0.2, 0.25) is 0 Å². The van der Waals surface area contributed by atoms with E-state index in [0.717, 1.165) is 41.0 Å². The molecule has 7 heteroatoms. The van der Waals surface area contributed by atoms with Gasteiger partial charge in [0.05, 0.1) is 12.2 Å². The van der Waals surface area contributed by atoms with Crippen LogP contribution in [0.2, 0.25) is 0 Å². The predicted molar refractivity (Wildman–Crippen MR) is 80.0 cm³/mol. The SMILES string of the molecule is Cc1nnc(NC2CC2)c2c1nnn2Cc1ccc(F)cc1. The van der Waals surface area contributed by atoms with Gasteiger partial charge in [0.25, 0.3) is 0 Å². The van der Waals surface area contributed by atoms with Crippen molar-refractivity contribution < 1.29 is 4.39 Å². The fourth-order valence-corrected chi connectivity index (χ4v) is 2.40. The van der Waals surface area contributed by atoms with Crippen LogP contribution in [0.4, 0.5) is 10.2 Å². The van der Waals surface area contributed by atoms with E-state index in [0.29, 0.717) is 12.6 Å². The monoisotopic (exact) mass is 298 g/mol. The first kappa shape index (κ1) is 13.1.